The molecule has 118 valence electrons. The number of halogens is 2. The van der Waals surface area contributed by atoms with Crippen molar-refractivity contribution in [3.8, 4) is 0 Å². The number of hydrogen-bond donors (Lipinski definition) is 1. The summed E-state index contributed by atoms with van der Waals surface area (Å²) >= 11 is 12.4. The average Bonchev–Trinajstić information content (AvgIpc) is 2.35. The van der Waals surface area contributed by atoms with Gasteiger partial charge in [0, 0.05) is 30.2 Å². The van der Waals surface area contributed by atoms with Crippen molar-refractivity contribution in [1.29, 1.82) is 0 Å². The second-order valence-electron chi connectivity index (χ2n) is 6.01. The lowest BCUT2D eigenvalue weighted by atomic mass is 10.0. The largest absolute Gasteiger partial charge is 0.314 e. The Morgan fingerprint density at radius 2 is 1.90 bits per heavy atom. The zero-order chi connectivity index (χ0) is 16.0. The molecule has 1 aliphatic heterocycles. The van der Waals surface area contributed by atoms with E-state index in [1.807, 2.05) is 13.8 Å². The summed E-state index contributed by atoms with van der Waals surface area (Å²) in [7, 11) is -3.70. The van der Waals surface area contributed by atoms with E-state index in [0.717, 1.165) is 0 Å². The smallest absolute Gasteiger partial charge is 0.245 e. The molecule has 0 unspecified atom stereocenters. The number of nitrogens with one attached hydrogen (secondary N) is 1. The van der Waals surface area contributed by atoms with Gasteiger partial charge in [-0.25, -0.2) is 8.42 Å². The van der Waals surface area contributed by atoms with E-state index >= 15 is 0 Å². The summed E-state index contributed by atoms with van der Waals surface area (Å²) in [6.45, 7) is 8.89. The molecule has 0 aromatic heterocycles. The monoisotopic (exact) mass is 350 g/mol. The third-order valence-corrected chi connectivity index (χ3v) is 7.14. The second kappa shape index (κ2) is 5.70. The standard InChI is InChI=1S/C14H20Cl2N2O2S/c1-9-7-11(15)10(2)13(12(9)16)21(19,20)18-6-5-17-8-14(18,3)4/h7,17H,5-6,8H2,1-4H3. The molecule has 0 radical (unpaired) electrons. The van der Waals surface area contributed by atoms with E-state index in [-0.39, 0.29) is 9.92 Å². The van der Waals surface area contributed by atoms with E-state index < -0.39 is 15.6 Å². The van der Waals surface area contributed by atoms with Gasteiger partial charge in [0.25, 0.3) is 0 Å². The van der Waals surface area contributed by atoms with Crippen LogP contribution in [0, 0.1) is 13.8 Å². The Labute approximate surface area is 136 Å². The molecule has 1 aromatic rings. The maximum absolute atomic E-state index is 13.1. The van der Waals surface area contributed by atoms with Gasteiger partial charge in [-0.05, 0) is 44.9 Å². The van der Waals surface area contributed by atoms with Crippen LogP contribution in [0.4, 0.5) is 0 Å². The number of piperazine rings is 1. The first-order valence-electron chi connectivity index (χ1n) is 6.78. The Kier molecular flexibility index (Phi) is 4.63. The Hall–Kier alpha value is -0.330. The fourth-order valence-corrected chi connectivity index (χ4v) is 5.60. The third kappa shape index (κ3) is 2.94. The second-order valence-corrected chi connectivity index (χ2v) is 8.59. The van der Waals surface area contributed by atoms with Crippen molar-refractivity contribution in [3.63, 3.8) is 0 Å². The normalized spacial score (nSPS) is 19.7. The summed E-state index contributed by atoms with van der Waals surface area (Å²) in [5, 5.41) is 3.89. The molecule has 1 aromatic carbocycles. The van der Waals surface area contributed by atoms with E-state index in [9.17, 15) is 8.42 Å². The van der Waals surface area contributed by atoms with E-state index in [1.54, 1.807) is 19.9 Å². The zero-order valence-electron chi connectivity index (χ0n) is 12.6. The molecule has 21 heavy (non-hydrogen) atoms. The molecule has 0 atom stereocenters. The molecule has 7 heteroatoms. The number of sulfonamides is 1. The molecule has 1 heterocycles. The molecular weight excluding hydrogens is 331 g/mol. The summed E-state index contributed by atoms with van der Waals surface area (Å²) in [6, 6.07) is 1.70. The maximum atomic E-state index is 13.1. The van der Waals surface area contributed by atoms with Crippen LogP contribution in [-0.4, -0.2) is 37.9 Å². The predicted molar refractivity (Wildman–Crippen MR) is 86.8 cm³/mol. The molecule has 0 spiro atoms. The van der Waals surface area contributed by atoms with Crippen molar-refractivity contribution >= 4 is 33.2 Å². The van der Waals surface area contributed by atoms with Crippen LogP contribution in [0.15, 0.2) is 11.0 Å². The van der Waals surface area contributed by atoms with Crippen LogP contribution < -0.4 is 5.32 Å². The Balaban J connectivity index is 2.65. The Morgan fingerprint density at radius 3 is 2.48 bits per heavy atom. The molecule has 2 rings (SSSR count). The lowest BCUT2D eigenvalue weighted by Gasteiger charge is -2.41. The van der Waals surface area contributed by atoms with Crippen LogP contribution in [0.5, 0.6) is 0 Å². The molecule has 4 nitrogen and oxygen atoms in total. The number of hydrogen-bond acceptors (Lipinski definition) is 3. The summed E-state index contributed by atoms with van der Waals surface area (Å²) in [5.74, 6) is 0. The molecule has 0 saturated carbocycles. The molecule has 1 aliphatic rings. The highest BCUT2D eigenvalue weighted by Gasteiger charge is 2.41. The van der Waals surface area contributed by atoms with Gasteiger partial charge in [-0.1, -0.05) is 23.2 Å². The molecule has 1 fully saturated rings. The highest BCUT2D eigenvalue weighted by atomic mass is 35.5. The van der Waals surface area contributed by atoms with Crippen LogP contribution in [0.2, 0.25) is 10.0 Å². The summed E-state index contributed by atoms with van der Waals surface area (Å²) < 4.78 is 27.7. The first-order chi connectivity index (χ1) is 9.59. The Morgan fingerprint density at radius 1 is 1.29 bits per heavy atom. The quantitative estimate of drug-likeness (QED) is 0.891. The SMILES string of the molecule is Cc1cc(Cl)c(C)c(S(=O)(=O)N2CCNCC2(C)C)c1Cl. The van der Waals surface area contributed by atoms with E-state index in [4.69, 9.17) is 23.2 Å². The van der Waals surface area contributed by atoms with Crippen molar-refractivity contribution in [2.45, 2.75) is 38.1 Å². The van der Waals surface area contributed by atoms with Crippen molar-refractivity contribution in [2.75, 3.05) is 19.6 Å². The van der Waals surface area contributed by atoms with Crippen molar-refractivity contribution in [2.24, 2.45) is 0 Å². The third-order valence-electron chi connectivity index (χ3n) is 3.86. The predicted octanol–water partition coefficient (Wildman–Crippen LogP) is 2.98. The Bertz CT molecular complexity index is 646. The summed E-state index contributed by atoms with van der Waals surface area (Å²) in [6.07, 6.45) is 0. The molecule has 0 amide bonds. The number of aryl methyl sites for hydroxylation is 1. The van der Waals surface area contributed by atoms with Crippen LogP contribution in [0.25, 0.3) is 0 Å². The maximum Gasteiger partial charge on any atom is 0.245 e. The number of nitrogens with zero attached hydrogens (tertiary/aromatic N) is 1. The fourth-order valence-electron chi connectivity index (χ4n) is 2.64. The van der Waals surface area contributed by atoms with Crippen molar-refractivity contribution in [1.82, 2.24) is 9.62 Å². The first kappa shape index (κ1) is 17.0. The number of rotatable bonds is 2. The summed E-state index contributed by atoms with van der Waals surface area (Å²) in [5.41, 5.74) is 0.656. The van der Waals surface area contributed by atoms with E-state index in [0.29, 0.717) is 35.8 Å². The lowest BCUT2D eigenvalue weighted by Crippen LogP contribution is -2.59. The highest BCUT2D eigenvalue weighted by molar-refractivity contribution is 7.89. The number of benzene rings is 1. The average molecular weight is 351 g/mol. The lowest BCUT2D eigenvalue weighted by molar-refractivity contribution is 0.186. The first-order valence-corrected chi connectivity index (χ1v) is 8.97. The minimum absolute atomic E-state index is 0.129. The van der Waals surface area contributed by atoms with Gasteiger partial charge < -0.3 is 5.32 Å². The fraction of sp³-hybridized carbons (Fsp3) is 0.571. The molecule has 1 N–H and O–H groups in total. The van der Waals surface area contributed by atoms with E-state index in [2.05, 4.69) is 5.32 Å². The van der Waals surface area contributed by atoms with Gasteiger partial charge in [0.2, 0.25) is 10.0 Å². The summed E-state index contributed by atoms with van der Waals surface area (Å²) in [4.78, 5) is 0.129. The van der Waals surface area contributed by atoms with Gasteiger partial charge in [-0.15, -0.1) is 0 Å². The topological polar surface area (TPSA) is 49.4 Å². The molecule has 0 aliphatic carbocycles. The van der Waals surface area contributed by atoms with Crippen LogP contribution in [-0.2, 0) is 10.0 Å². The minimum Gasteiger partial charge on any atom is -0.314 e. The highest BCUT2D eigenvalue weighted by Crippen LogP contribution is 2.37. The van der Waals surface area contributed by atoms with Crippen molar-refractivity contribution in [3.05, 3.63) is 27.2 Å². The van der Waals surface area contributed by atoms with Gasteiger partial charge in [-0.3, -0.25) is 0 Å². The van der Waals surface area contributed by atoms with Crippen LogP contribution >= 0.6 is 23.2 Å². The van der Waals surface area contributed by atoms with Gasteiger partial charge in [0.05, 0.1) is 5.02 Å². The zero-order valence-corrected chi connectivity index (χ0v) is 15.0. The molecular formula is C14H20Cl2N2O2S. The van der Waals surface area contributed by atoms with Gasteiger partial charge in [0.15, 0.2) is 0 Å². The van der Waals surface area contributed by atoms with Crippen LogP contribution in [0.3, 0.4) is 0 Å². The van der Waals surface area contributed by atoms with Gasteiger partial charge in [-0.2, -0.15) is 4.31 Å². The van der Waals surface area contributed by atoms with Crippen LogP contribution in [0.1, 0.15) is 25.0 Å². The van der Waals surface area contributed by atoms with Gasteiger partial charge in [0.1, 0.15) is 4.90 Å². The van der Waals surface area contributed by atoms with Gasteiger partial charge >= 0.3 is 0 Å². The molecule has 1 saturated heterocycles. The minimum atomic E-state index is -3.70. The van der Waals surface area contributed by atoms with E-state index in [1.165, 1.54) is 4.31 Å². The van der Waals surface area contributed by atoms with Crippen molar-refractivity contribution < 1.29 is 8.42 Å². The molecule has 0 bridgehead atoms.